The first-order valence-corrected chi connectivity index (χ1v) is 7.03. The molecule has 1 aliphatic rings. The Labute approximate surface area is 125 Å². The van der Waals surface area contributed by atoms with Crippen LogP contribution in [0.25, 0.3) is 0 Å². The van der Waals surface area contributed by atoms with E-state index in [1.165, 1.54) is 14.2 Å². The van der Waals surface area contributed by atoms with Gasteiger partial charge in [-0.1, -0.05) is 0 Å². The number of nitrogens with zero attached hydrogens (tertiary/aromatic N) is 1. The van der Waals surface area contributed by atoms with Crippen LogP contribution in [0.5, 0.6) is 11.5 Å². The highest BCUT2D eigenvalue weighted by atomic mass is 16.5. The summed E-state index contributed by atoms with van der Waals surface area (Å²) < 4.78 is 10.4. The maximum Gasteiger partial charge on any atom is 0.253 e. The Morgan fingerprint density at radius 1 is 1.38 bits per heavy atom. The molecule has 1 amide bonds. The monoisotopic (exact) mass is 293 g/mol. The Morgan fingerprint density at radius 2 is 2.05 bits per heavy atom. The number of ether oxygens (including phenoxy) is 2. The summed E-state index contributed by atoms with van der Waals surface area (Å²) >= 11 is 0. The van der Waals surface area contributed by atoms with Crippen molar-refractivity contribution in [1.29, 1.82) is 0 Å². The van der Waals surface area contributed by atoms with E-state index in [-0.39, 0.29) is 5.91 Å². The number of hydrogen-bond donors (Lipinski definition) is 2. The van der Waals surface area contributed by atoms with E-state index in [0.29, 0.717) is 35.2 Å². The molecular formula is C15H23N3O3. The Hall–Kier alpha value is -1.95. The molecule has 116 valence electrons. The minimum absolute atomic E-state index is 0.178. The molecule has 1 atom stereocenters. The van der Waals surface area contributed by atoms with E-state index in [2.05, 4.69) is 17.3 Å². The zero-order chi connectivity index (χ0) is 15.4. The molecule has 21 heavy (non-hydrogen) atoms. The standard InChI is InChI=1S/C15H23N3O3/c1-18-5-4-10(9-18)8-17-15(19)11-6-13(20-2)14(21-3)7-12(11)16/h6-7,10H,4-5,8-9,16H2,1-3H3,(H,17,19). The van der Waals surface area contributed by atoms with Gasteiger partial charge in [0.05, 0.1) is 19.8 Å². The van der Waals surface area contributed by atoms with Crippen LogP contribution in [0, 0.1) is 5.92 Å². The van der Waals surface area contributed by atoms with Crippen molar-refractivity contribution in [1.82, 2.24) is 10.2 Å². The third kappa shape index (κ3) is 3.58. The van der Waals surface area contributed by atoms with Crippen molar-refractivity contribution < 1.29 is 14.3 Å². The number of nitrogens with one attached hydrogen (secondary N) is 1. The molecule has 0 spiro atoms. The minimum atomic E-state index is -0.178. The summed E-state index contributed by atoms with van der Waals surface area (Å²) in [6, 6.07) is 3.22. The molecule has 1 aromatic carbocycles. The van der Waals surface area contributed by atoms with Crippen LogP contribution in [0.1, 0.15) is 16.8 Å². The largest absolute Gasteiger partial charge is 0.493 e. The molecule has 1 saturated heterocycles. The van der Waals surface area contributed by atoms with Gasteiger partial charge >= 0.3 is 0 Å². The summed E-state index contributed by atoms with van der Waals surface area (Å²) in [5.74, 6) is 1.34. The van der Waals surface area contributed by atoms with Crippen molar-refractivity contribution >= 4 is 11.6 Å². The van der Waals surface area contributed by atoms with Gasteiger partial charge in [0.25, 0.3) is 5.91 Å². The van der Waals surface area contributed by atoms with Crippen molar-refractivity contribution in [2.75, 3.05) is 46.6 Å². The lowest BCUT2D eigenvalue weighted by Gasteiger charge is -2.14. The molecule has 0 aromatic heterocycles. The molecule has 6 nitrogen and oxygen atoms in total. The molecule has 0 bridgehead atoms. The van der Waals surface area contributed by atoms with Gasteiger partial charge in [-0.2, -0.15) is 0 Å². The van der Waals surface area contributed by atoms with E-state index in [1.807, 2.05) is 0 Å². The van der Waals surface area contributed by atoms with Gasteiger partial charge < -0.3 is 25.4 Å². The van der Waals surface area contributed by atoms with Crippen molar-refractivity contribution in [3.63, 3.8) is 0 Å². The molecule has 0 saturated carbocycles. The number of amides is 1. The molecule has 3 N–H and O–H groups in total. The topological polar surface area (TPSA) is 76.8 Å². The molecule has 0 radical (unpaired) electrons. The van der Waals surface area contributed by atoms with Gasteiger partial charge in [-0.3, -0.25) is 4.79 Å². The van der Waals surface area contributed by atoms with Gasteiger partial charge in [0.15, 0.2) is 11.5 Å². The van der Waals surface area contributed by atoms with Gasteiger partial charge in [0.2, 0.25) is 0 Å². The maximum absolute atomic E-state index is 12.3. The number of carbonyl (C=O) groups excluding carboxylic acids is 1. The molecule has 1 heterocycles. The van der Waals surface area contributed by atoms with Crippen LogP contribution in [-0.4, -0.2) is 51.7 Å². The van der Waals surface area contributed by atoms with Crippen LogP contribution in [-0.2, 0) is 0 Å². The number of likely N-dealkylation sites (tertiary alicyclic amines) is 1. The molecular weight excluding hydrogens is 270 g/mol. The molecule has 0 aliphatic carbocycles. The van der Waals surface area contributed by atoms with E-state index >= 15 is 0 Å². The normalized spacial score (nSPS) is 18.5. The molecule has 1 unspecified atom stereocenters. The summed E-state index contributed by atoms with van der Waals surface area (Å²) in [5, 5.41) is 2.95. The average Bonchev–Trinajstić information content (AvgIpc) is 2.90. The maximum atomic E-state index is 12.3. The Kier molecular flexibility index (Phi) is 4.90. The summed E-state index contributed by atoms with van der Waals surface area (Å²) in [6.07, 6.45) is 1.11. The van der Waals surface area contributed by atoms with Crippen molar-refractivity contribution in [2.24, 2.45) is 5.92 Å². The zero-order valence-electron chi connectivity index (χ0n) is 12.8. The highest BCUT2D eigenvalue weighted by molar-refractivity contribution is 6.00. The second-order valence-corrected chi connectivity index (χ2v) is 5.42. The van der Waals surface area contributed by atoms with Crippen LogP contribution in [0.15, 0.2) is 12.1 Å². The van der Waals surface area contributed by atoms with Crippen LogP contribution in [0.4, 0.5) is 5.69 Å². The third-order valence-corrected chi connectivity index (χ3v) is 3.84. The first kappa shape index (κ1) is 15.4. The molecule has 6 heteroatoms. The second kappa shape index (κ2) is 6.67. The number of rotatable bonds is 5. The fourth-order valence-corrected chi connectivity index (χ4v) is 2.62. The molecule has 1 fully saturated rings. The summed E-state index contributed by atoms with van der Waals surface area (Å²) in [5.41, 5.74) is 6.72. The van der Waals surface area contributed by atoms with E-state index in [1.54, 1.807) is 12.1 Å². The molecule has 1 aromatic rings. The molecule has 2 rings (SSSR count). The van der Waals surface area contributed by atoms with Crippen molar-refractivity contribution in [2.45, 2.75) is 6.42 Å². The number of nitrogens with two attached hydrogens (primary N) is 1. The average molecular weight is 293 g/mol. The Morgan fingerprint density at radius 3 is 2.62 bits per heavy atom. The van der Waals surface area contributed by atoms with Crippen LogP contribution >= 0.6 is 0 Å². The number of carbonyl (C=O) groups is 1. The zero-order valence-corrected chi connectivity index (χ0v) is 12.8. The third-order valence-electron chi connectivity index (χ3n) is 3.84. The number of benzene rings is 1. The second-order valence-electron chi connectivity index (χ2n) is 5.42. The fraction of sp³-hybridized carbons (Fsp3) is 0.533. The van der Waals surface area contributed by atoms with Gasteiger partial charge in [0.1, 0.15) is 0 Å². The van der Waals surface area contributed by atoms with Gasteiger partial charge in [0, 0.05) is 24.8 Å². The lowest BCUT2D eigenvalue weighted by atomic mass is 10.1. The first-order chi connectivity index (χ1) is 10.0. The van der Waals surface area contributed by atoms with Gasteiger partial charge in [-0.15, -0.1) is 0 Å². The fourth-order valence-electron chi connectivity index (χ4n) is 2.62. The predicted octanol–water partition coefficient (Wildman–Crippen LogP) is 0.968. The lowest BCUT2D eigenvalue weighted by molar-refractivity contribution is 0.0948. The van der Waals surface area contributed by atoms with Crippen LogP contribution < -0.4 is 20.5 Å². The van der Waals surface area contributed by atoms with Crippen LogP contribution in [0.3, 0.4) is 0 Å². The van der Waals surface area contributed by atoms with E-state index in [0.717, 1.165) is 19.5 Å². The number of anilines is 1. The highest BCUT2D eigenvalue weighted by Gasteiger charge is 2.21. The minimum Gasteiger partial charge on any atom is -0.493 e. The number of methoxy groups -OCH3 is 2. The number of hydrogen-bond acceptors (Lipinski definition) is 5. The SMILES string of the molecule is COc1cc(N)c(C(=O)NCC2CCN(C)C2)cc1OC. The van der Waals surface area contributed by atoms with Crippen molar-refractivity contribution in [3.8, 4) is 11.5 Å². The van der Waals surface area contributed by atoms with Crippen molar-refractivity contribution in [3.05, 3.63) is 17.7 Å². The summed E-state index contributed by atoms with van der Waals surface area (Å²) in [7, 11) is 5.16. The summed E-state index contributed by atoms with van der Waals surface area (Å²) in [6.45, 7) is 2.76. The Bertz CT molecular complexity index is 519. The smallest absolute Gasteiger partial charge is 0.253 e. The lowest BCUT2D eigenvalue weighted by Crippen LogP contribution is -2.31. The highest BCUT2D eigenvalue weighted by Crippen LogP contribution is 2.31. The van der Waals surface area contributed by atoms with Gasteiger partial charge in [-0.05, 0) is 32.0 Å². The quantitative estimate of drug-likeness (QED) is 0.791. The number of nitrogen functional groups attached to an aromatic ring is 1. The van der Waals surface area contributed by atoms with E-state index in [4.69, 9.17) is 15.2 Å². The van der Waals surface area contributed by atoms with Gasteiger partial charge in [-0.25, -0.2) is 0 Å². The first-order valence-electron chi connectivity index (χ1n) is 7.03. The summed E-state index contributed by atoms with van der Waals surface area (Å²) in [4.78, 5) is 14.5. The van der Waals surface area contributed by atoms with Crippen LogP contribution in [0.2, 0.25) is 0 Å². The van der Waals surface area contributed by atoms with E-state index < -0.39 is 0 Å². The Balaban J connectivity index is 2.04. The molecule has 1 aliphatic heterocycles. The van der Waals surface area contributed by atoms with E-state index in [9.17, 15) is 4.79 Å². The predicted molar refractivity (Wildman–Crippen MR) is 81.9 cm³/mol.